The normalized spacial score (nSPS) is 22.8. The largest absolute Gasteiger partial charge is 0.376 e. The molecule has 2 rings (SSSR count). The van der Waals surface area contributed by atoms with Crippen molar-refractivity contribution in [1.82, 2.24) is 10.2 Å². The summed E-state index contributed by atoms with van der Waals surface area (Å²) < 4.78 is 5.58. The standard InChI is InChI=1S/C16H24N2O2/c1-13-14(2)18(10-9-17-13)16(19)8-11-20-12-15-6-4-3-5-7-15/h3-7,13-14,17H,8-12H2,1-2H3. The van der Waals surface area contributed by atoms with Crippen LogP contribution in [-0.4, -0.2) is 42.6 Å². The smallest absolute Gasteiger partial charge is 0.225 e. The molecule has 0 bridgehead atoms. The summed E-state index contributed by atoms with van der Waals surface area (Å²) in [4.78, 5) is 14.1. The predicted octanol–water partition coefficient (Wildman–Crippen LogP) is 1.80. The van der Waals surface area contributed by atoms with Crippen LogP contribution in [0.25, 0.3) is 0 Å². The minimum absolute atomic E-state index is 0.193. The van der Waals surface area contributed by atoms with Crippen LogP contribution in [0.3, 0.4) is 0 Å². The van der Waals surface area contributed by atoms with Crippen LogP contribution in [0.15, 0.2) is 30.3 Å². The molecule has 1 fully saturated rings. The zero-order chi connectivity index (χ0) is 14.4. The van der Waals surface area contributed by atoms with Gasteiger partial charge in [0.25, 0.3) is 0 Å². The van der Waals surface area contributed by atoms with E-state index in [-0.39, 0.29) is 11.9 Å². The first kappa shape index (κ1) is 15.0. The van der Waals surface area contributed by atoms with Crippen molar-refractivity contribution < 1.29 is 9.53 Å². The maximum atomic E-state index is 12.2. The van der Waals surface area contributed by atoms with Crippen LogP contribution in [0.2, 0.25) is 0 Å². The lowest BCUT2D eigenvalue weighted by Crippen LogP contribution is -2.57. The molecule has 1 aliphatic heterocycles. The zero-order valence-corrected chi connectivity index (χ0v) is 12.3. The minimum atomic E-state index is 0.193. The van der Waals surface area contributed by atoms with Gasteiger partial charge in [-0.15, -0.1) is 0 Å². The summed E-state index contributed by atoms with van der Waals surface area (Å²) in [7, 11) is 0. The topological polar surface area (TPSA) is 41.6 Å². The van der Waals surface area contributed by atoms with E-state index in [1.54, 1.807) is 0 Å². The molecule has 2 atom stereocenters. The number of carbonyl (C=O) groups excluding carboxylic acids is 1. The van der Waals surface area contributed by atoms with Gasteiger partial charge in [0.1, 0.15) is 0 Å². The number of carbonyl (C=O) groups is 1. The molecule has 1 heterocycles. The summed E-state index contributed by atoms with van der Waals surface area (Å²) in [5.41, 5.74) is 1.14. The van der Waals surface area contributed by atoms with Crippen LogP contribution in [0.5, 0.6) is 0 Å². The highest BCUT2D eigenvalue weighted by atomic mass is 16.5. The number of nitrogens with zero attached hydrogens (tertiary/aromatic N) is 1. The van der Waals surface area contributed by atoms with Gasteiger partial charge in [-0.3, -0.25) is 4.79 Å². The molecule has 1 aromatic rings. The SMILES string of the molecule is CC1NCCN(C(=O)CCOCc2ccccc2)C1C. The molecule has 1 aliphatic rings. The summed E-state index contributed by atoms with van der Waals surface area (Å²) in [6.07, 6.45) is 0.462. The Hall–Kier alpha value is -1.39. The predicted molar refractivity (Wildman–Crippen MR) is 79.4 cm³/mol. The number of amides is 1. The zero-order valence-electron chi connectivity index (χ0n) is 12.3. The molecule has 0 aromatic heterocycles. The number of ether oxygens (including phenoxy) is 1. The Balaban J connectivity index is 1.70. The van der Waals surface area contributed by atoms with Crippen LogP contribution in [0, 0.1) is 0 Å². The van der Waals surface area contributed by atoms with E-state index < -0.39 is 0 Å². The average Bonchev–Trinajstić information content (AvgIpc) is 2.47. The van der Waals surface area contributed by atoms with Crippen LogP contribution >= 0.6 is 0 Å². The third-order valence-corrected chi connectivity index (χ3v) is 3.93. The second-order valence-electron chi connectivity index (χ2n) is 5.36. The van der Waals surface area contributed by atoms with Crippen LogP contribution in [-0.2, 0) is 16.1 Å². The number of rotatable bonds is 5. The van der Waals surface area contributed by atoms with Gasteiger partial charge in [-0.05, 0) is 19.4 Å². The Morgan fingerprint density at radius 3 is 2.85 bits per heavy atom. The minimum Gasteiger partial charge on any atom is -0.376 e. The summed E-state index contributed by atoms with van der Waals surface area (Å²) in [6.45, 7) is 6.95. The highest BCUT2D eigenvalue weighted by Gasteiger charge is 2.27. The summed E-state index contributed by atoms with van der Waals surface area (Å²) in [5, 5.41) is 3.38. The molecule has 1 aromatic carbocycles. The van der Waals surface area contributed by atoms with Crippen molar-refractivity contribution in [1.29, 1.82) is 0 Å². The molecule has 0 aliphatic carbocycles. The van der Waals surface area contributed by atoms with E-state index in [4.69, 9.17) is 4.74 Å². The quantitative estimate of drug-likeness (QED) is 0.834. The second-order valence-corrected chi connectivity index (χ2v) is 5.36. The molecule has 0 saturated carbocycles. The van der Waals surface area contributed by atoms with Crippen molar-refractivity contribution in [2.24, 2.45) is 0 Å². The number of nitrogens with one attached hydrogen (secondary N) is 1. The van der Waals surface area contributed by atoms with Crippen molar-refractivity contribution >= 4 is 5.91 Å². The van der Waals surface area contributed by atoms with Crippen LogP contribution in [0.1, 0.15) is 25.8 Å². The molecule has 4 heteroatoms. The number of hydrogen-bond acceptors (Lipinski definition) is 3. The summed E-state index contributed by atoms with van der Waals surface area (Å²) in [5.74, 6) is 0.193. The Labute approximate surface area is 121 Å². The highest BCUT2D eigenvalue weighted by molar-refractivity contribution is 5.76. The number of benzene rings is 1. The summed E-state index contributed by atoms with van der Waals surface area (Å²) >= 11 is 0. The Morgan fingerprint density at radius 1 is 1.35 bits per heavy atom. The molecule has 110 valence electrons. The maximum Gasteiger partial charge on any atom is 0.225 e. The second kappa shape index (κ2) is 7.41. The van der Waals surface area contributed by atoms with Crippen molar-refractivity contribution in [3.63, 3.8) is 0 Å². The van der Waals surface area contributed by atoms with Crippen molar-refractivity contribution in [2.45, 2.75) is 39.0 Å². The molecule has 4 nitrogen and oxygen atoms in total. The fraction of sp³-hybridized carbons (Fsp3) is 0.562. The molecule has 1 N–H and O–H groups in total. The Bertz CT molecular complexity index is 422. The van der Waals surface area contributed by atoms with Gasteiger partial charge in [0.05, 0.1) is 19.6 Å². The van der Waals surface area contributed by atoms with E-state index in [1.807, 2.05) is 35.2 Å². The molecule has 2 unspecified atom stereocenters. The first-order valence-corrected chi connectivity index (χ1v) is 7.33. The van der Waals surface area contributed by atoms with Crippen LogP contribution < -0.4 is 5.32 Å². The molecule has 1 saturated heterocycles. The average molecular weight is 276 g/mol. The first-order valence-electron chi connectivity index (χ1n) is 7.33. The summed E-state index contributed by atoms with van der Waals surface area (Å²) in [6, 6.07) is 10.6. The van der Waals surface area contributed by atoms with Gasteiger partial charge in [0, 0.05) is 25.2 Å². The van der Waals surface area contributed by atoms with Gasteiger partial charge in [-0.25, -0.2) is 0 Å². The fourth-order valence-corrected chi connectivity index (χ4v) is 2.48. The fourth-order valence-electron chi connectivity index (χ4n) is 2.48. The third-order valence-electron chi connectivity index (χ3n) is 3.93. The lowest BCUT2D eigenvalue weighted by Gasteiger charge is -2.38. The molecular formula is C16H24N2O2. The van der Waals surface area contributed by atoms with Gasteiger partial charge in [0.2, 0.25) is 5.91 Å². The van der Waals surface area contributed by atoms with E-state index in [0.29, 0.717) is 25.7 Å². The van der Waals surface area contributed by atoms with E-state index in [2.05, 4.69) is 19.2 Å². The molecule has 1 amide bonds. The van der Waals surface area contributed by atoms with Crippen molar-refractivity contribution in [3.05, 3.63) is 35.9 Å². The molecular weight excluding hydrogens is 252 g/mol. The lowest BCUT2D eigenvalue weighted by atomic mass is 10.1. The van der Waals surface area contributed by atoms with E-state index in [0.717, 1.165) is 18.7 Å². The Kier molecular flexibility index (Phi) is 5.56. The maximum absolute atomic E-state index is 12.2. The molecule has 0 spiro atoms. The monoisotopic (exact) mass is 276 g/mol. The lowest BCUT2D eigenvalue weighted by molar-refractivity contribution is -0.136. The van der Waals surface area contributed by atoms with Crippen molar-refractivity contribution in [3.8, 4) is 0 Å². The highest BCUT2D eigenvalue weighted by Crippen LogP contribution is 2.10. The van der Waals surface area contributed by atoms with Gasteiger partial charge in [-0.2, -0.15) is 0 Å². The third kappa shape index (κ3) is 4.05. The number of hydrogen-bond donors (Lipinski definition) is 1. The molecule has 0 radical (unpaired) electrons. The number of piperazine rings is 1. The van der Waals surface area contributed by atoms with Crippen LogP contribution in [0.4, 0.5) is 0 Å². The van der Waals surface area contributed by atoms with Gasteiger partial charge >= 0.3 is 0 Å². The first-order chi connectivity index (χ1) is 9.68. The van der Waals surface area contributed by atoms with Gasteiger partial charge < -0.3 is 15.0 Å². The van der Waals surface area contributed by atoms with E-state index in [9.17, 15) is 4.79 Å². The van der Waals surface area contributed by atoms with E-state index >= 15 is 0 Å². The van der Waals surface area contributed by atoms with Gasteiger partial charge in [0.15, 0.2) is 0 Å². The Morgan fingerprint density at radius 2 is 2.10 bits per heavy atom. The van der Waals surface area contributed by atoms with Crippen molar-refractivity contribution in [2.75, 3.05) is 19.7 Å². The molecule has 20 heavy (non-hydrogen) atoms. The van der Waals surface area contributed by atoms with E-state index in [1.165, 1.54) is 0 Å². The van der Waals surface area contributed by atoms with Gasteiger partial charge in [-0.1, -0.05) is 30.3 Å².